The summed E-state index contributed by atoms with van der Waals surface area (Å²) in [6, 6.07) is 10.4. The number of anilines is 1. The monoisotopic (exact) mass is 448 g/mol. The van der Waals surface area contributed by atoms with Crippen molar-refractivity contribution in [2.45, 2.75) is 31.3 Å². The van der Waals surface area contributed by atoms with E-state index in [1.165, 1.54) is 52.6 Å². The van der Waals surface area contributed by atoms with Crippen molar-refractivity contribution in [2.75, 3.05) is 12.4 Å². The summed E-state index contributed by atoms with van der Waals surface area (Å²) in [6.07, 6.45) is 1.30. The largest absolute Gasteiger partial charge is 0.325 e. The summed E-state index contributed by atoms with van der Waals surface area (Å²) in [4.78, 5) is 29.2. The van der Waals surface area contributed by atoms with Crippen molar-refractivity contribution in [3.63, 3.8) is 0 Å². The van der Waals surface area contributed by atoms with Crippen LogP contribution < -0.4 is 10.9 Å². The fourth-order valence-electron chi connectivity index (χ4n) is 2.75. The van der Waals surface area contributed by atoms with Crippen molar-refractivity contribution >= 4 is 44.1 Å². The number of halogens is 1. The smallest absolute Gasteiger partial charge is 0.261 e. The van der Waals surface area contributed by atoms with Crippen LogP contribution in [0.2, 0.25) is 5.02 Å². The molecule has 30 heavy (non-hydrogen) atoms. The zero-order valence-corrected chi connectivity index (χ0v) is 18.2. The third kappa shape index (κ3) is 4.53. The molecule has 1 amide bonds. The average Bonchev–Trinajstić information content (AvgIpc) is 2.70. The van der Waals surface area contributed by atoms with E-state index in [1.54, 1.807) is 26.0 Å². The minimum Gasteiger partial charge on any atom is -0.325 e. The fraction of sp³-hybridized carbons (Fsp3) is 0.250. The molecule has 0 saturated heterocycles. The number of carbonyl (C=O) groups excluding carboxylic acids is 1. The van der Waals surface area contributed by atoms with E-state index in [0.29, 0.717) is 21.6 Å². The zero-order chi connectivity index (χ0) is 22.1. The Hall–Kier alpha value is -2.75. The molecule has 1 aromatic heterocycles. The molecule has 1 heterocycles. The fourth-order valence-corrected chi connectivity index (χ4v) is 4.29. The molecule has 0 unspecified atom stereocenters. The molecule has 0 saturated carbocycles. The topological polar surface area (TPSA) is 101 Å². The Kier molecular flexibility index (Phi) is 6.25. The number of nitrogens with one attached hydrogen (secondary N) is 1. The lowest BCUT2D eigenvalue weighted by atomic mass is 10.2. The highest BCUT2D eigenvalue weighted by Gasteiger charge is 2.22. The summed E-state index contributed by atoms with van der Waals surface area (Å²) in [5.74, 6) is -0.449. The quantitative estimate of drug-likeness (QED) is 0.624. The van der Waals surface area contributed by atoms with Gasteiger partial charge in [-0.3, -0.25) is 14.2 Å². The van der Waals surface area contributed by atoms with Crippen molar-refractivity contribution in [1.82, 2.24) is 13.9 Å². The molecule has 1 N–H and O–H groups in total. The number of benzene rings is 2. The predicted molar refractivity (Wildman–Crippen MR) is 116 cm³/mol. The molecule has 8 nitrogen and oxygen atoms in total. The van der Waals surface area contributed by atoms with Gasteiger partial charge >= 0.3 is 0 Å². The van der Waals surface area contributed by atoms with E-state index in [0.717, 1.165) is 0 Å². The molecule has 0 aliphatic heterocycles. The van der Waals surface area contributed by atoms with Crippen LogP contribution >= 0.6 is 11.6 Å². The Bertz CT molecular complexity index is 1250. The van der Waals surface area contributed by atoms with Crippen molar-refractivity contribution in [1.29, 1.82) is 0 Å². The Morgan fingerprint density at radius 2 is 1.87 bits per heavy atom. The number of amides is 1. The standard InChI is InChI=1S/C20H21ClN4O4S/c1-13(2)24(3)30(28,29)16-7-5-15(6-8-16)23-19(26)11-25-12-22-18-9-4-14(21)10-17(18)20(25)27/h4-10,12-13H,11H2,1-3H3,(H,23,26). The van der Waals surface area contributed by atoms with E-state index in [9.17, 15) is 18.0 Å². The van der Waals surface area contributed by atoms with Crippen LogP contribution in [0.1, 0.15) is 13.8 Å². The van der Waals surface area contributed by atoms with E-state index in [-0.39, 0.29) is 23.0 Å². The van der Waals surface area contributed by atoms with Crippen LogP contribution in [0, 0.1) is 0 Å². The predicted octanol–water partition coefficient (Wildman–Crippen LogP) is 2.72. The van der Waals surface area contributed by atoms with Gasteiger partial charge in [0.1, 0.15) is 6.54 Å². The number of sulfonamides is 1. The number of fused-ring (bicyclic) bond motifs is 1. The van der Waals surface area contributed by atoms with Gasteiger partial charge < -0.3 is 5.32 Å². The van der Waals surface area contributed by atoms with Gasteiger partial charge in [0.2, 0.25) is 15.9 Å². The molecule has 10 heteroatoms. The Morgan fingerprint density at radius 3 is 2.50 bits per heavy atom. The lowest BCUT2D eigenvalue weighted by Gasteiger charge is -2.21. The van der Waals surface area contributed by atoms with Crippen LogP contribution in [0.3, 0.4) is 0 Å². The van der Waals surface area contributed by atoms with Crippen LogP contribution in [0.5, 0.6) is 0 Å². The summed E-state index contributed by atoms with van der Waals surface area (Å²) in [6.45, 7) is 3.32. The second-order valence-corrected chi connectivity index (χ2v) is 9.46. The van der Waals surface area contributed by atoms with Crippen molar-refractivity contribution in [2.24, 2.45) is 0 Å². The van der Waals surface area contributed by atoms with E-state index in [2.05, 4.69) is 10.3 Å². The normalized spacial score (nSPS) is 11.9. The first-order valence-electron chi connectivity index (χ1n) is 9.12. The van der Waals surface area contributed by atoms with Crippen molar-refractivity contribution < 1.29 is 13.2 Å². The number of nitrogens with zero attached hydrogens (tertiary/aromatic N) is 3. The molecule has 0 spiro atoms. The molecular weight excluding hydrogens is 428 g/mol. The molecule has 3 rings (SSSR count). The maximum absolute atomic E-state index is 12.6. The zero-order valence-electron chi connectivity index (χ0n) is 16.7. The number of carbonyl (C=O) groups is 1. The third-order valence-corrected chi connectivity index (χ3v) is 6.93. The summed E-state index contributed by atoms with van der Waals surface area (Å²) in [5, 5.41) is 3.37. The van der Waals surface area contributed by atoms with Crippen molar-refractivity contribution in [3.8, 4) is 0 Å². The second-order valence-electron chi connectivity index (χ2n) is 7.03. The van der Waals surface area contributed by atoms with Crippen LogP contribution in [0.4, 0.5) is 5.69 Å². The first-order valence-corrected chi connectivity index (χ1v) is 10.9. The lowest BCUT2D eigenvalue weighted by Crippen LogP contribution is -2.33. The van der Waals surface area contributed by atoms with E-state index in [1.807, 2.05) is 0 Å². The Balaban J connectivity index is 1.75. The average molecular weight is 449 g/mol. The molecule has 0 atom stereocenters. The Labute approximate surface area is 179 Å². The van der Waals surface area contributed by atoms with Crippen LogP contribution in [-0.2, 0) is 21.4 Å². The first-order chi connectivity index (χ1) is 14.1. The molecular formula is C20H21ClN4O4S. The van der Waals surface area contributed by atoms with Gasteiger partial charge in [0.25, 0.3) is 5.56 Å². The van der Waals surface area contributed by atoms with Gasteiger partial charge in [0.05, 0.1) is 22.1 Å². The van der Waals surface area contributed by atoms with Gasteiger partial charge in [-0.2, -0.15) is 4.31 Å². The SMILES string of the molecule is CC(C)N(C)S(=O)(=O)c1ccc(NC(=O)Cn2cnc3ccc(Cl)cc3c2=O)cc1. The maximum atomic E-state index is 12.6. The van der Waals surface area contributed by atoms with Gasteiger partial charge in [0.15, 0.2) is 0 Å². The highest BCUT2D eigenvalue weighted by Crippen LogP contribution is 2.19. The second kappa shape index (κ2) is 8.55. The summed E-state index contributed by atoms with van der Waals surface area (Å²) in [5.41, 5.74) is 0.524. The molecule has 0 aliphatic rings. The number of hydrogen-bond donors (Lipinski definition) is 1. The van der Waals surface area contributed by atoms with Gasteiger partial charge in [-0.05, 0) is 56.3 Å². The summed E-state index contributed by atoms with van der Waals surface area (Å²) >= 11 is 5.94. The molecule has 0 aliphatic carbocycles. The number of hydrogen-bond acceptors (Lipinski definition) is 5. The first kappa shape index (κ1) is 21.9. The maximum Gasteiger partial charge on any atom is 0.261 e. The van der Waals surface area contributed by atoms with E-state index in [4.69, 9.17) is 11.6 Å². The molecule has 0 bridgehead atoms. The minimum absolute atomic E-state index is 0.128. The molecule has 158 valence electrons. The third-order valence-electron chi connectivity index (χ3n) is 4.64. The van der Waals surface area contributed by atoms with Crippen molar-refractivity contribution in [3.05, 3.63) is 64.2 Å². The highest BCUT2D eigenvalue weighted by molar-refractivity contribution is 7.89. The Morgan fingerprint density at radius 1 is 1.20 bits per heavy atom. The number of aromatic nitrogens is 2. The molecule has 3 aromatic rings. The highest BCUT2D eigenvalue weighted by atomic mass is 35.5. The van der Waals surface area contributed by atoms with E-state index >= 15 is 0 Å². The van der Waals surface area contributed by atoms with Crippen LogP contribution in [0.25, 0.3) is 10.9 Å². The van der Waals surface area contributed by atoms with Crippen LogP contribution in [-0.4, -0.2) is 41.3 Å². The van der Waals surface area contributed by atoms with Crippen LogP contribution in [0.15, 0.2) is 58.5 Å². The lowest BCUT2D eigenvalue weighted by molar-refractivity contribution is -0.116. The minimum atomic E-state index is -3.61. The summed E-state index contributed by atoms with van der Waals surface area (Å²) < 4.78 is 27.5. The van der Waals surface area contributed by atoms with E-state index < -0.39 is 15.9 Å². The summed E-state index contributed by atoms with van der Waals surface area (Å²) in [7, 11) is -2.09. The molecule has 2 aromatic carbocycles. The van der Waals surface area contributed by atoms with Gasteiger partial charge in [-0.25, -0.2) is 13.4 Å². The molecule has 0 radical (unpaired) electrons. The van der Waals surface area contributed by atoms with Gasteiger partial charge in [-0.15, -0.1) is 0 Å². The van der Waals surface area contributed by atoms with Gasteiger partial charge in [-0.1, -0.05) is 11.6 Å². The number of rotatable bonds is 6. The van der Waals surface area contributed by atoms with Gasteiger partial charge in [0, 0.05) is 23.8 Å². The molecule has 0 fully saturated rings.